The molecule has 0 saturated heterocycles. The quantitative estimate of drug-likeness (QED) is 0.933. The van der Waals surface area contributed by atoms with Crippen LogP contribution < -0.4 is 10.1 Å². The predicted molar refractivity (Wildman–Crippen MR) is 81.2 cm³/mol. The number of carbonyl (C=O) groups excluding carboxylic acids is 1. The fourth-order valence-electron chi connectivity index (χ4n) is 1.80. The topological polar surface area (TPSA) is 110 Å². The third kappa shape index (κ3) is 4.07. The van der Waals surface area contributed by atoms with Gasteiger partial charge in [-0.05, 0) is 42.5 Å². The van der Waals surface area contributed by atoms with E-state index in [1.165, 1.54) is 12.1 Å². The maximum atomic E-state index is 11.3. The fraction of sp³-hybridized carbons (Fsp3) is 0.0588. The van der Waals surface area contributed by atoms with E-state index in [9.17, 15) is 4.79 Å². The van der Waals surface area contributed by atoms with Gasteiger partial charge in [0, 0.05) is 5.69 Å². The Morgan fingerprint density at radius 1 is 0.957 bits per heavy atom. The van der Waals surface area contributed by atoms with Gasteiger partial charge in [0.1, 0.15) is 30.1 Å². The van der Waals surface area contributed by atoms with Crippen molar-refractivity contribution in [3.05, 3.63) is 53.6 Å². The van der Waals surface area contributed by atoms with Crippen LogP contribution in [0, 0.1) is 34.0 Å². The number of carbonyl (C=O) groups is 1. The van der Waals surface area contributed by atoms with Crippen molar-refractivity contribution in [2.24, 2.45) is 0 Å². The van der Waals surface area contributed by atoms with E-state index in [2.05, 4.69) is 5.32 Å². The molecule has 2 rings (SSSR count). The van der Waals surface area contributed by atoms with Crippen LogP contribution in [0.25, 0.3) is 0 Å². The number of hydrogen-bond donors (Lipinski definition) is 1. The number of rotatable bonds is 4. The first kappa shape index (κ1) is 15.6. The van der Waals surface area contributed by atoms with Crippen LogP contribution in [0.2, 0.25) is 0 Å². The van der Waals surface area contributed by atoms with Crippen LogP contribution in [-0.2, 0) is 4.79 Å². The molecule has 110 valence electrons. The van der Waals surface area contributed by atoms with Gasteiger partial charge in [0.2, 0.25) is 5.91 Å². The molecule has 0 bridgehead atoms. The third-order valence-corrected chi connectivity index (χ3v) is 2.85. The van der Waals surface area contributed by atoms with Gasteiger partial charge in [0.15, 0.2) is 0 Å². The second-order valence-electron chi connectivity index (χ2n) is 4.44. The molecule has 1 amide bonds. The van der Waals surface area contributed by atoms with Crippen LogP contribution in [0.3, 0.4) is 0 Å². The van der Waals surface area contributed by atoms with Gasteiger partial charge in [0.05, 0.1) is 17.2 Å². The lowest BCUT2D eigenvalue weighted by Crippen LogP contribution is -2.09. The average Bonchev–Trinajstić information content (AvgIpc) is 2.56. The Balaban J connectivity index is 2.10. The van der Waals surface area contributed by atoms with Gasteiger partial charge in [-0.1, -0.05) is 0 Å². The first-order chi connectivity index (χ1) is 11.2. The van der Waals surface area contributed by atoms with Gasteiger partial charge in [-0.2, -0.15) is 15.8 Å². The number of anilines is 1. The van der Waals surface area contributed by atoms with Gasteiger partial charge in [0.25, 0.3) is 0 Å². The van der Waals surface area contributed by atoms with Crippen molar-refractivity contribution in [2.45, 2.75) is 6.42 Å². The van der Waals surface area contributed by atoms with E-state index in [-0.39, 0.29) is 23.5 Å². The Bertz CT molecular complexity index is 852. The Hall–Kier alpha value is -3.82. The Kier molecular flexibility index (Phi) is 4.92. The van der Waals surface area contributed by atoms with E-state index in [0.29, 0.717) is 17.2 Å². The van der Waals surface area contributed by atoms with Crippen molar-refractivity contribution in [2.75, 3.05) is 5.32 Å². The molecule has 23 heavy (non-hydrogen) atoms. The summed E-state index contributed by atoms with van der Waals surface area (Å²) in [7, 11) is 0. The van der Waals surface area contributed by atoms with Gasteiger partial charge in [-0.25, -0.2) is 0 Å². The van der Waals surface area contributed by atoms with E-state index >= 15 is 0 Å². The summed E-state index contributed by atoms with van der Waals surface area (Å²) in [5.41, 5.74) is 1.08. The molecule has 2 aromatic rings. The normalized spacial score (nSPS) is 9.09. The summed E-state index contributed by atoms with van der Waals surface area (Å²) in [5.74, 6) is 0.561. The van der Waals surface area contributed by atoms with Crippen LogP contribution in [0.4, 0.5) is 5.69 Å². The minimum atomic E-state index is -0.382. The van der Waals surface area contributed by atoms with Gasteiger partial charge < -0.3 is 10.1 Å². The van der Waals surface area contributed by atoms with Crippen molar-refractivity contribution >= 4 is 11.6 Å². The molecule has 6 nitrogen and oxygen atoms in total. The zero-order valence-electron chi connectivity index (χ0n) is 11.9. The smallest absolute Gasteiger partial charge is 0.238 e. The molecule has 0 unspecified atom stereocenters. The molecule has 0 radical (unpaired) electrons. The highest BCUT2D eigenvalue weighted by molar-refractivity contribution is 5.92. The van der Waals surface area contributed by atoms with Crippen molar-refractivity contribution in [1.29, 1.82) is 15.8 Å². The lowest BCUT2D eigenvalue weighted by atomic mass is 10.1. The minimum absolute atomic E-state index is 0.208. The second-order valence-corrected chi connectivity index (χ2v) is 4.44. The summed E-state index contributed by atoms with van der Waals surface area (Å²) in [6.45, 7) is 0. The molecule has 6 heteroatoms. The molecule has 0 fully saturated rings. The molecule has 0 saturated carbocycles. The molecule has 0 spiro atoms. The van der Waals surface area contributed by atoms with Crippen LogP contribution in [-0.4, -0.2) is 5.91 Å². The molecular weight excluding hydrogens is 292 g/mol. The first-order valence-electron chi connectivity index (χ1n) is 6.55. The van der Waals surface area contributed by atoms with Crippen LogP contribution in [0.1, 0.15) is 17.5 Å². The van der Waals surface area contributed by atoms with E-state index in [1.54, 1.807) is 36.4 Å². The maximum Gasteiger partial charge on any atom is 0.238 e. The summed E-state index contributed by atoms with van der Waals surface area (Å²) < 4.78 is 5.60. The molecule has 0 atom stereocenters. The molecule has 0 heterocycles. The van der Waals surface area contributed by atoms with Crippen LogP contribution in [0.15, 0.2) is 42.5 Å². The summed E-state index contributed by atoms with van der Waals surface area (Å²) in [6.07, 6.45) is -0.208. The molecule has 2 aromatic carbocycles. The van der Waals surface area contributed by atoms with Crippen molar-refractivity contribution < 1.29 is 9.53 Å². The highest BCUT2D eigenvalue weighted by Gasteiger charge is 2.05. The largest absolute Gasteiger partial charge is 0.457 e. The number of nitriles is 3. The highest BCUT2D eigenvalue weighted by atomic mass is 16.5. The summed E-state index contributed by atoms with van der Waals surface area (Å²) in [4.78, 5) is 11.3. The number of benzene rings is 2. The number of amides is 1. The number of nitrogens with zero attached hydrogens (tertiary/aromatic N) is 3. The van der Waals surface area contributed by atoms with E-state index in [0.717, 1.165) is 0 Å². The zero-order chi connectivity index (χ0) is 16.7. The van der Waals surface area contributed by atoms with Gasteiger partial charge in [-0.15, -0.1) is 0 Å². The van der Waals surface area contributed by atoms with E-state index in [1.807, 2.05) is 12.1 Å². The first-order valence-corrected chi connectivity index (χ1v) is 6.55. The molecule has 0 aliphatic carbocycles. The molecular formula is C17H10N4O2. The number of ether oxygens (including phenoxy) is 1. The number of hydrogen-bond acceptors (Lipinski definition) is 5. The van der Waals surface area contributed by atoms with Crippen molar-refractivity contribution in [3.8, 4) is 29.7 Å². The maximum absolute atomic E-state index is 11.3. The minimum Gasteiger partial charge on any atom is -0.457 e. The summed E-state index contributed by atoms with van der Waals surface area (Å²) in [5, 5.41) is 28.9. The highest BCUT2D eigenvalue weighted by Crippen LogP contribution is 2.25. The molecule has 1 N–H and O–H groups in total. The standard InChI is InChI=1S/C17H10N4O2/c18-8-7-17(22)21-14-2-5-15(6-3-14)23-16-4-1-12(10-19)13(9-16)11-20/h1-6,9H,7H2,(H,21,22). The lowest BCUT2D eigenvalue weighted by molar-refractivity contribution is -0.115. The van der Waals surface area contributed by atoms with Crippen LogP contribution in [0.5, 0.6) is 11.5 Å². The Morgan fingerprint density at radius 2 is 1.61 bits per heavy atom. The summed E-state index contributed by atoms with van der Waals surface area (Å²) >= 11 is 0. The average molecular weight is 302 g/mol. The second kappa shape index (κ2) is 7.26. The van der Waals surface area contributed by atoms with E-state index in [4.69, 9.17) is 20.5 Å². The Morgan fingerprint density at radius 3 is 2.22 bits per heavy atom. The predicted octanol–water partition coefficient (Wildman–Crippen LogP) is 3.07. The van der Waals surface area contributed by atoms with Gasteiger partial charge in [-0.3, -0.25) is 4.79 Å². The van der Waals surface area contributed by atoms with Crippen molar-refractivity contribution in [1.82, 2.24) is 0 Å². The SMILES string of the molecule is N#CCC(=O)Nc1ccc(Oc2ccc(C#N)c(C#N)c2)cc1. The van der Waals surface area contributed by atoms with Gasteiger partial charge >= 0.3 is 0 Å². The fourth-order valence-corrected chi connectivity index (χ4v) is 1.80. The Labute approximate surface area is 132 Å². The monoisotopic (exact) mass is 302 g/mol. The van der Waals surface area contributed by atoms with E-state index < -0.39 is 0 Å². The molecule has 0 aromatic heterocycles. The third-order valence-electron chi connectivity index (χ3n) is 2.85. The zero-order valence-corrected chi connectivity index (χ0v) is 11.9. The number of nitrogens with one attached hydrogen (secondary N) is 1. The van der Waals surface area contributed by atoms with Crippen LogP contribution >= 0.6 is 0 Å². The van der Waals surface area contributed by atoms with Crippen molar-refractivity contribution in [3.63, 3.8) is 0 Å². The molecule has 0 aliphatic heterocycles. The molecule has 0 aliphatic rings. The lowest BCUT2D eigenvalue weighted by Gasteiger charge is -2.08. The summed E-state index contributed by atoms with van der Waals surface area (Å²) in [6, 6.07) is 16.8.